The van der Waals surface area contributed by atoms with Crippen molar-refractivity contribution in [2.24, 2.45) is 0 Å². The van der Waals surface area contributed by atoms with Gasteiger partial charge in [-0.1, -0.05) is 188 Å². The highest BCUT2D eigenvalue weighted by molar-refractivity contribution is 6.32. The largest absolute Gasteiger partial charge is 0.455 e. The molecule has 0 N–H and O–H groups in total. The van der Waals surface area contributed by atoms with Crippen LogP contribution in [0.1, 0.15) is 0 Å². The molecular formula is C56H37NO. The van der Waals surface area contributed by atoms with Gasteiger partial charge in [0.1, 0.15) is 11.2 Å². The Morgan fingerprint density at radius 2 is 0.655 bits per heavy atom. The van der Waals surface area contributed by atoms with E-state index in [0.29, 0.717) is 0 Å². The maximum atomic E-state index is 7.07. The van der Waals surface area contributed by atoms with Gasteiger partial charge in [-0.3, -0.25) is 0 Å². The number of benzene rings is 10. The van der Waals surface area contributed by atoms with Gasteiger partial charge in [0.25, 0.3) is 0 Å². The van der Waals surface area contributed by atoms with Crippen molar-refractivity contribution in [3.63, 3.8) is 0 Å². The van der Waals surface area contributed by atoms with Crippen molar-refractivity contribution in [2.45, 2.75) is 0 Å². The van der Waals surface area contributed by atoms with Gasteiger partial charge in [0.2, 0.25) is 0 Å². The fraction of sp³-hybridized carbons (Fsp3) is 0. The quantitative estimate of drug-likeness (QED) is 0.151. The van der Waals surface area contributed by atoms with Crippen molar-refractivity contribution in [1.82, 2.24) is 0 Å². The Balaban J connectivity index is 1.11. The van der Waals surface area contributed by atoms with E-state index in [1.165, 1.54) is 49.5 Å². The molecule has 2 heteroatoms. The summed E-state index contributed by atoms with van der Waals surface area (Å²) in [4.78, 5) is 2.35. The fourth-order valence-corrected chi connectivity index (χ4v) is 8.66. The molecule has 0 atom stereocenters. The number of furan rings is 1. The first kappa shape index (κ1) is 33.6. The minimum Gasteiger partial charge on any atom is -0.455 e. The summed E-state index contributed by atoms with van der Waals surface area (Å²) in [6.07, 6.45) is 0. The molecule has 272 valence electrons. The molecule has 1 aromatic heterocycles. The van der Waals surface area contributed by atoms with Crippen LogP contribution in [-0.4, -0.2) is 0 Å². The van der Waals surface area contributed by atoms with Crippen molar-refractivity contribution >= 4 is 60.5 Å². The highest BCUT2D eigenvalue weighted by Crippen LogP contribution is 2.47. The highest BCUT2D eigenvalue weighted by atomic mass is 16.3. The standard InChI is InChI=1S/C56H37NO/c1-4-14-38(15-5-1)40-24-26-41(27-25-40)43-30-34-46(35-31-43)57(45-32-28-42(29-33-45)39-16-6-2-7-17-39)47-36-52(44-18-8-3-9-19-44)54-53(37-47)58-56-51-23-13-11-21-49(51)48-20-10-12-22-50(48)55(54)56/h1-37H. The van der Waals surface area contributed by atoms with E-state index in [1.54, 1.807) is 0 Å². The van der Waals surface area contributed by atoms with Crippen molar-refractivity contribution in [3.05, 3.63) is 224 Å². The molecule has 11 aromatic rings. The van der Waals surface area contributed by atoms with Crippen LogP contribution in [0.15, 0.2) is 229 Å². The van der Waals surface area contributed by atoms with Crippen LogP contribution in [-0.2, 0) is 0 Å². The van der Waals surface area contributed by atoms with Crippen LogP contribution in [0.2, 0.25) is 0 Å². The average molecular weight is 740 g/mol. The van der Waals surface area contributed by atoms with Crippen LogP contribution >= 0.6 is 0 Å². The lowest BCUT2D eigenvalue weighted by atomic mass is 9.93. The number of rotatable bonds is 7. The molecule has 0 aliphatic rings. The lowest BCUT2D eigenvalue weighted by Gasteiger charge is -2.27. The first-order chi connectivity index (χ1) is 28.8. The van der Waals surface area contributed by atoms with Gasteiger partial charge in [0.05, 0.1) is 5.69 Å². The van der Waals surface area contributed by atoms with Gasteiger partial charge in [-0.05, 0) is 91.0 Å². The summed E-state index contributed by atoms with van der Waals surface area (Å²) >= 11 is 0. The van der Waals surface area contributed by atoms with E-state index in [2.05, 4.69) is 229 Å². The topological polar surface area (TPSA) is 16.4 Å². The third kappa shape index (κ3) is 5.82. The van der Waals surface area contributed by atoms with E-state index in [-0.39, 0.29) is 0 Å². The van der Waals surface area contributed by atoms with Crippen LogP contribution in [0.5, 0.6) is 0 Å². The summed E-state index contributed by atoms with van der Waals surface area (Å²) in [5, 5.41) is 7.01. The Bertz CT molecular complexity index is 3220. The molecule has 58 heavy (non-hydrogen) atoms. The molecule has 2 nitrogen and oxygen atoms in total. The number of nitrogens with zero attached hydrogens (tertiary/aromatic N) is 1. The summed E-state index contributed by atoms with van der Waals surface area (Å²) in [6, 6.07) is 80.4. The molecule has 0 radical (unpaired) electrons. The maximum absolute atomic E-state index is 7.07. The number of hydrogen-bond donors (Lipinski definition) is 0. The molecule has 0 amide bonds. The molecule has 0 spiro atoms. The number of hydrogen-bond acceptors (Lipinski definition) is 2. The molecule has 0 aliphatic carbocycles. The Kier molecular flexibility index (Phi) is 8.19. The van der Waals surface area contributed by atoms with Gasteiger partial charge in [0, 0.05) is 33.6 Å². The molecule has 0 bridgehead atoms. The van der Waals surface area contributed by atoms with Gasteiger partial charge in [-0.2, -0.15) is 0 Å². The Morgan fingerprint density at radius 3 is 1.16 bits per heavy atom. The van der Waals surface area contributed by atoms with E-state index in [1.807, 2.05) is 0 Å². The minimum absolute atomic E-state index is 0.855. The smallest absolute Gasteiger partial charge is 0.143 e. The van der Waals surface area contributed by atoms with Gasteiger partial charge < -0.3 is 9.32 Å². The first-order valence-electron chi connectivity index (χ1n) is 19.8. The summed E-state index contributed by atoms with van der Waals surface area (Å²) in [5.41, 5.74) is 14.3. The van der Waals surface area contributed by atoms with Gasteiger partial charge in [-0.25, -0.2) is 0 Å². The second-order valence-corrected chi connectivity index (χ2v) is 14.9. The number of fused-ring (bicyclic) bond motifs is 8. The molecule has 0 aliphatic heterocycles. The molecule has 10 aromatic carbocycles. The minimum atomic E-state index is 0.855. The zero-order chi connectivity index (χ0) is 38.4. The monoisotopic (exact) mass is 739 g/mol. The van der Waals surface area contributed by atoms with Crippen LogP contribution in [0.4, 0.5) is 17.1 Å². The summed E-state index contributed by atoms with van der Waals surface area (Å²) in [6.45, 7) is 0. The Labute approximate surface area is 337 Å². The molecule has 0 saturated heterocycles. The lowest BCUT2D eigenvalue weighted by molar-refractivity contribution is 0.673. The normalized spacial score (nSPS) is 11.4. The molecular weight excluding hydrogens is 703 g/mol. The van der Waals surface area contributed by atoms with E-state index >= 15 is 0 Å². The predicted molar refractivity (Wildman–Crippen MR) is 245 cm³/mol. The van der Waals surface area contributed by atoms with Crippen LogP contribution in [0, 0.1) is 0 Å². The van der Waals surface area contributed by atoms with Gasteiger partial charge in [-0.15, -0.1) is 0 Å². The van der Waals surface area contributed by atoms with Crippen molar-refractivity contribution in [3.8, 4) is 44.5 Å². The molecule has 0 fully saturated rings. The van der Waals surface area contributed by atoms with Crippen molar-refractivity contribution in [1.29, 1.82) is 0 Å². The molecule has 0 saturated carbocycles. The van der Waals surface area contributed by atoms with Gasteiger partial charge in [0.15, 0.2) is 0 Å². The van der Waals surface area contributed by atoms with E-state index < -0.39 is 0 Å². The Morgan fingerprint density at radius 1 is 0.276 bits per heavy atom. The lowest BCUT2D eigenvalue weighted by Crippen LogP contribution is -2.10. The summed E-state index contributed by atoms with van der Waals surface area (Å²) in [5.74, 6) is 0. The fourth-order valence-electron chi connectivity index (χ4n) is 8.66. The second kappa shape index (κ2) is 14.1. The average Bonchev–Trinajstić information content (AvgIpc) is 3.71. The van der Waals surface area contributed by atoms with Gasteiger partial charge >= 0.3 is 0 Å². The molecule has 0 unspecified atom stereocenters. The number of anilines is 3. The highest BCUT2D eigenvalue weighted by Gasteiger charge is 2.22. The first-order valence-corrected chi connectivity index (χ1v) is 19.8. The third-order valence-corrected chi connectivity index (χ3v) is 11.5. The Hall–Kier alpha value is -7.68. The zero-order valence-electron chi connectivity index (χ0n) is 31.7. The second-order valence-electron chi connectivity index (χ2n) is 14.9. The zero-order valence-corrected chi connectivity index (χ0v) is 31.7. The van der Waals surface area contributed by atoms with E-state index in [4.69, 9.17) is 4.42 Å². The van der Waals surface area contributed by atoms with Crippen LogP contribution in [0.25, 0.3) is 88.0 Å². The van der Waals surface area contributed by atoms with E-state index in [9.17, 15) is 0 Å². The van der Waals surface area contributed by atoms with Crippen molar-refractivity contribution < 1.29 is 4.42 Å². The van der Waals surface area contributed by atoms with Crippen LogP contribution in [0.3, 0.4) is 0 Å². The summed E-state index contributed by atoms with van der Waals surface area (Å²) < 4.78 is 7.07. The molecule has 1 heterocycles. The van der Waals surface area contributed by atoms with Crippen LogP contribution < -0.4 is 4.90 Å². The SMILES string of the molecule is c1ccc(-c2ccc(-c3ccc(N(c4ccc(-c5ccccc5)cc4)c4cc(-c5ccccc5)c5c(c4)oc4c6ccccc6c6ccccc6c45)cc3)cc2)cc1. The van der Waals surface area contributed by atoms with E-state index in [0.717, 1.165) is 55.5 Å². The molecule has 11 rings (SSSR count). The summed E-state index contributed by atoms with van der Waals surface area (Å²) in [7, 11) is 0. The third-order valence-electron chi connectivity index (χ3n) is 11.5. The maximum Gasteiger partial charge on any atom is 0.143 e. The van der Waals surface area contributed by atoms with Crippen molar-refractivity contribution in [2.75, 3.05) is 4.90 Å². The predicted octanol–water partition coefficient (Wildman–Crippen LogP) is 16.0.